The summed E-state index contributed by atoms with van der Waals surface area (Å²) in [6.45, 7) is 2.02. The van der Waals surface area contributed by atoms with E-state index in [1.54, 1.807) is 0 Å². The minimum atomic E-state index is -0.899. The molecule has 1 aromatic carbocycles. The molecule has 2 aromatic rings. The monoisotopic (exact) mass is 246 g/mol. The number of aromatic amines is 1. The van der Waals surface area contributed by atoms with Crippen molar-refractivity contribution in [3.63, 3.8) is 0 Å². The number of ether oxygens (including phenoxy) is 1. The fourth-order valence-corrected chi connectivity index (χ4v) is 2.32. The van der Waals surface area contributed by atoms with Crippen molar-refractivity contribution in [1.82, 2.24) is 9.97 Å². The molecule has 5 nitrogen and oxygen atoms in total. The number of benzene rings is 1. The van der Waals surface area contributed by atoms with Gasteiger partial charge < -0.3 is 14.8 Å². The topological polar surface area (TPSA) is 75.2 Å². The zero-order valence-electron chi connectivity index (χ0n) is 10.0. The third kappa shape index (κ3) is 1.86. The van der Waals surface area contributed by atoms with Gasteiger partial charge in [-0.1, -0.05) is 6.07 Å². The van der Waals surface area contributed by atoms with E-state index in [0.717, 1.165) is 22.4 Å². The first-order chi connectivity index (χ1) is 8.63. The number of nitrogens with zero attached hydrogens (tertiary/aromatic N) is 1. The number of nitrogens with one attached hydrogen (secondary N) is 1. The van der Waals surface area contributed by atoms with Crippen molar-refractivity contribution in [3.05, 3.63) is 29.6 Å². The minimum Gasteiger partial charge on any atom is -0.479 e. The predicted octanol–water partition coefficient (Wildman–Crippen LogP) is 2.18. The van der Waals surface area contributed by atoms with Crippen LogP contribution in [0, 0.1) is 6.92 Å². The fourth-order valence-electron chi connectivity index (χ4n) is 2.32. The highest BCUT2D eigenvalue weighted by Crippen LogP contribution is 2.32. The summed E-state index contributed by atoms with van der Waals surface area (Å²) < 4.78 is 5.48. The number of carboxylic acid groups (broad SMARTS) is 1. The summed E-state index contributed by atoms with van der Waals surface area (Å²) in [6, 6.07) is 5.98. The van der Waals surface area contributed by atoms with Gasteiger partial charge >= 0.3 is 5.97 Å². The highest BCUT2D eigenvalue weighted by atomic mass is 16.5. The van der Waals surface area contributed by atoms with Crippen LogP contribution < -0.4 is 0 Å². The number of aromatic nitrogens is 2. The van der Waals surface area contributed by atoms with Gasteiger partial charge in [-0.05, 0) is 37.5 Å². The highest BCUT2D eigenvalue weighted by molar-refractivity contribution is 5.76. The maximum absolute atomic E-state index is 10.8. The molecule has 18 heavy (non-hydrogen) atoms. The molecule has 2 unspecified atom stereocenters. The number of carbonyl (C=O) groups is 1. The molecular formula is C13H14N2O3. The molecule has 3 rings (SSSR count). The van der Waals surface area contributed by atoms with E-state index in [1.807, 2.05) is 25.1 Å². The Morgan fingerprint density at radius 1 is 1.50 bits per heavy atom. The van der Waals surface area contributed by atoms with Crippen LogP contribution in [0.2, 0.25) is 0 Å². The first kappa shape index (κ1) is 11.2. The van der Waals surface area contributed by atoms with Gasteiger partial charge in [-0.3, -0.25) is 0 Å². The molecule has 0 radical (unpaired) electrons. The van der Waals surface area contributed by atoms with Crippen molar-refractivity contribution in [2.45, 2.75) is 32.0 Å². The Balaban J connectivity index is 1.89. The molecule has 0 spiro atoms. The van der Waals surface area contributed by atoms with E-state index in [2.05, 4.69) is 9.97 Å². The van der Waals surface area contributed by atoms with Crippen molar-refractivity contribution in [2.75, 3.05) is 0 Å². The Kier molecular flexibility index (Phi) is 2.56. The van der Waals surface area contributed by atoms with Crippen LogP contribution in [0.3, 0.4) is 0 Å². The molecule has 0 aliphatic carbocycles. The molecule has 0 bridgehead atoms. The Bertz CT molecular complexity index is 605. The van der Waals surface area contributed by atoms with Crippen LogP contribution in [0.25, 0.3) is 11.0 Å². The number of aliphatic carboxylic acids is 1. The maximum atomic E-state index is 10.8. The van der Waals surface area contributed by atoms with Gasteiger partial charge in [0.05, 0.1) is 11.0 Å². The van der Waals surface area contributed by atoms with Gasteiger partial charge in [0.2, 0.25) is 0 Å². The SMILES string of the molecule is Cc1ccc2nc(C3CCC(C(=O)O)O3)[nH]c2c1. The molecule has 2 N–H and O–H groups in total. The normalized spacial score (nSPS) is 23.6. The lowest BCUT2D eigenvalue weighted by molar-refractivity contribution is -0.149. The fraction of sp³-hybridized carbons (Fsp3) is 0.385. The number of carboxylic acids is 1. The first-order valence-corrected chi connectivity index (χ1v) is 5.98. The lowest BCUT2D eigenvalue weighted by Crippen LogP contribution is -2.18. The smallest absolute Gasteiger partial charge is 0.332 e. The summed E-state index contributed by atoms with van der Waals surface area (Å²) in [4.78, 5) is 18.5. The molecule has 1 saturated heterocycles. The quantitative estimate of drug-likeness (QED) is 0.851. The average Bonchev–Trinajstić information content (AvgIpc) is 2.93. The largest absolute Gasteiger partial charge is 0.479 e. The number of hydrogen-bond acceptors (Lipinski definition) is 3. The molecule has 0 saturated carbocycles. The molecule has 2 heterocycles. The second-order valence-electron chi connectivity index (χ2n) is 4.67. The molecule has 1 aromatic heterocycles. The van der Waals surface area contributed by atoms with Crippen molar-refractivity contribution >= 4 is 17.0 Å². The first-order valence-electron chi connectivity index (χ1n) is 5.98. The Morgan fingerprint density at radius 3 is 3.06 bits per heavy atom. The second kappa shape index (κ2) is 4.10. The summed E-state index contributed by atoms with van der Waals surface area (Å²) in [5.41, 5.74) is 3.01. The predicted molar refractivity (Wildman–Crippen MR) is 65.3 cm³/mol. The van der Waals surface area contributed by atoms with Gasteiger partial charge in [-0.2, -0.15) is 0 Å². The highest BCUT2D eigenvalue weighted by Gasteiger charge is 2.32. The molecule has 94 valence electrons. The van der Waals surface area contributed by atoms with Crippen LogP contribution >= 0.6 is 0 Å². The lowest BCUT2D eigenvalue weighted by Gasteiger charge is -2.07. The van der Waals surface area contributed by atoms with Gasteiger partial charge in [0.1, 0.15) is 11.9 Å². The van der Waals surface area contributed by atoms with Crippen LogP contribution in [-0.4, -0.2) is 27.1 Å². The van der Waals surface area contributed by atoms with Gasteiger partial charge in [-0.15, -0.1) is 0 Å². The van der Waals surface area contributed by atoms with E-state index in [0.29, 0.717) is 12.8 Å². The van der Waals surface area contributed by atoms with Gasteiger partial charge in [-0.25, -0.2) is 9.78 Å². The number of aryl methyl sites for hydroxylation is 1. The third-order valence-corrected chi connectivity index (χ3v) is 3.26. The molecule has 1 fully saturated rings. The number of fused-ring (bicyclic) bond motifs is 1. The van der Waals surface area contributed by atoms with Crippen LogP contribution in [0.15, 0.2) is 18.2 Å². The van der Waals surface area contributed by atoms with Crippen LogP contribution in [0.5, 0.6) is 0 Å². The van der Waals surface area contributed by atoms with E-state index < -0.39 is 12.1 Å². The van der Waals surface area contributed by atoms with Gasteiger partial charge in [0, 0.05) is 0 Å². The molecule has 1 aliphatic rings. The maximum Gasteiger partial charge on any atom is 0.332 e. The molecule has 5 heteroatoms. The average molecular weight is 246 g/mol. The summed E-state index contributed by atoms with van der Waals surface area (Å²) in [6.07, 6.45) is 0.287. The standard InChI is InChI=1S/C13H14N2O3/c1-7-2-3-8-9(6-7)15-12(14-8)10-4-5-11(18-10)13(16)17/h2-3,6,10-11H,4-5H2,1H3,(H,14,15)(H,16,17). The number of rotatable bonds is 2. The third-order valence-electron chi connectivity index (χ3n) is 3.26. The van der Waals surface area contributed by atoms with E-state index in [9.17, 15) is 4.79 Å². The zero-order valence-corrected chi connectivity index (χ0v) is 10.0. The van der Waals surface area contributed by atoms with Crippen molar-refractivity contribution < 1.29 is 14.6 Å². The van der Waals surface area contributed by atoms with E-state index in [4.69, 9.17) is 9.84 Å². The van der Waals surface area contributed by atoms with E-state index >= 15 is 0 Å². The van der Waals surface area contributed by atoms with Crippen LogP contribution in [-0.2, 0) is 9.53 Å². The minimum absolute atomic E-state index is 0.237. The number of H-pyrrole nitrogens is 1. The Morgan fingerprint density at radius 2 is 2.33 bits per heavy atom. The lowest BCUT2D eigenvalue weighted by atomic mass is 10.2. The van der Waals surface area contributed by atoms with Crippen LogP contribution in [0.1, 0.15) is 30.3 Å². The van der Waals surface area contributed by atoms with Gasteiger partial charge in [0.25, 0.3) is 0 Å². The van der Waals surface area contributed by atoms with Crippen molar-refractivity contribution in [2.24, 2.45) is 0 Å². The van der Waals surface area contributed by atoms with E-state index in [1.165, 1.54) is 0 Å². The summed E-state index contributed by atoms with van der Waals surface area (Å²) in [5.74, 6) is -0.177. The van der Waals surface area contributed by atoms with Crippen LogP contribution in [0.4, 0.5) is 0 Å². The Labute approximate surface area is 104 Å². The molecule has 0 amide bonds. The molecule has 2 atom stereocenters. The molecule has 1 aliphatic heterocycles. The zero-order chi connectivity index (χ0) is 12.7. The summed E-state index contributed by atoms with van der Waals surface area (Å²) in [7, 11) is 0. The van der Waals surface area contributed by atoms with E-state index in [-0.39, 0.29) is 6.10 Å². The van der Waals surface area contributed by atoms with Crippen molar-refractivity contribution in [1.29, 1.82) is 0 Å². The molecular weight excluding hydrogens is 232 g/mol. The van der Waals surface area contributed by atoms with Crippen molar-refractivity contribution in [3.8, 4) is 0 Å². The second-order valence-corrected chi connectivity index (χ2v) is 4.67. The summed E-state index contributed by atoms with van der Waals surface area (Å²) >= 11 is 0. The number of hydrogen-bond donors (Lipinski definition) is 2. The summed E-state index contributed by atoms with van der Waals surface area (Å²) in [5, 5.41) is 8.90. The Hall–Kier alpha value is -1.88. The van der Waals surface area contributed by atoms with Gasteiger partial charge in [0.15, 0.2) is 6.10 Å². The number of imidazole rings is 1.